The van der Waals surface area contributed by atoms with Gasteiger partial charge in [-0.25, -0.2) is 9.67 Å². The molecule has 0 radical (unpaired) electrons. The van der Waals surface area contributed by atoms with Gasteiger partial charge in [0, 0.05) is 37.9 Å². The predicted octanol–water partition coefficient (Wildman–Crippen LogP) is 1.72. The van der Waals surface area contributed by atoms with Crippen LogP contribution < -0.4 is 5.32 Å². The standard InChI is InChI=1S/C18H29N7/c1-14-11-15(2)25(22-14)18-13-19-12-17(21-18)20-16-5-7-24(8-6-16)10-9-23(3)4/h11-13,16H,5-10H2,1-4H3,(H,20,21). The molecule has 2 aromatic heterocycles. The van der Waals surface area contributed by atoms with Gasteiger partial charge in [0.15, 0.2) is 5.82 Å². The third-order valence-corrected chi connectivity index (χ3v) is 4.65. The number of aryl methyl sites for hydroxylation is 2. The molecule has 0 aliphatic carbocycles. The Bertz CT molecular complexity index is 686. The third kappa shape index (κ3) is 4.76. The number of likely N-dealkylation sites (N-methyl/N-ethyl adjacent to an activating group) is 1. The maximum absolute atomic E-state index is 4.70. The molecule has 0 aromatic carbocycles. The van der Waals surface area contributed by atoms with E-state index >= 15 is 0 Å². The van der Waals surface area contributed by atoms with Crippen molar-refractivity contribution < 1.29 is 0 Å². The molecule has 3 rings (SSSR count). The van der Waals surface area contributed by atoms with E-state index < -0.39 is 0 Å². The molecule has 0 bridgehead atoms. The van der Waals surface area contributed by atoms with Gasteiger partial charge in [0.1, 0.15) is 5.82 Å². The number of aromatic nitrogens is 4. The first-order valence-electron chi connectivity index (χ1n) is 9.00. The molecule has 136 valence electrons. The molecular weight excluding hydrogens is 314 g/mol. The second-order valence-corrected chi connectivity index (χ2v) is 7.16. The van der Waals surface area contributed by atoms with Crippen molar-refractivity contribution in [2.45, 2.75) is 32.7 Å². The number of likely N-dealkylation sites (tertiary alicyclic amines) is 1. The minimum absolute atomic E-state index is 0.459. The van der Waals surface area contributed by atoms with Crippen LogP contribution in [0.1, 0.15) is 24.2 Å². The number of nitrogens with zero attached hydrogens (tertiary/aromatic N) is 6. The number of nitrogens with one attached hydrogen (secondary N) is 1. The maximum atomic E-state index is 4.70. The Labute approximate surface area is 150 Å². The summed E-state index contributed by atoms with van der Waals surface area (Å²) in [7, 11) is 4.26. The summed E-state index contributed by atoms with van der Waals surface area (Å²) in [6, 6.07) is 2.51. The number of anilines is 1. The van der Waals surface area contributed by atoms with Crippen molar-refractivity contribution >= 4 is 5.82 Å². The smallest absolute Gasteiger partial charge is 0.174 e. The number of hydrogen-bond acceptors (Lipinski definition) is 6. The van der Waals surface area contributed by atoms with E-state index in [-0.39, 0.29) is 0 Å². The molecule has 1 N–H and O–H groups in total. The highest BCUT2D eigenvalue weighted by Crippen LogP contribution is 2.16. The Kier molecular flexibility index (Phi) is 5.65. The molecule has 0 atom stereocenters. The Morgan fingerprint density at radius 2 is 1.96 bits per heavy atom. The van der Waals surface area contributed by atoms with E-state index in [2.05, 4.69) is 39.3 Å². The molecule has 1 fully saturated rings. The van der Waals surface area contributed by atoms with E-state index in [9.17, 15) is 0 Å². The van der Waals surface area contributed by atoms with E-state index in [1.807, 2.05) is 24.6 Å². The summed E-state index contributed by atoms with van der Waals surface area (Å²) < 4.78 is 1.84. The van der Waals surface area contributed by atoms with Gasteiger partial charge in [-0.1, -0.05) is 0 Å². The second-order valence-electron chi connectivity index (χ2n) is 7.16. The Morgan fingerprint density at radius 3 is 2.60 bits per heavy atom. The largest absolute Gasteiger partial charge is 0.366 e. The van der Waals surface area contributed by atoms with Crippen LogP contribution in [0.25, 0.3) is 5.82 Å². The molecule has 1 aliphatic rings. The quantitative estimate of drug-likeness (QED) is 0.862. The molecule has 3 heterocycles. The van der Waals surface area contributed by atoms with Crippen molar-refractivity contribution in [3.63, 3.8) is 0 Å². The van der Waals surface area contributed by atoms with Crippen LogP contribution in [-0.4, -0.2) is 75.9 Å². The van der Waals surface area contributed by atoms with Crippen LogP contribution in [0.15, 0.2) is 18.5 Å². The molecule has 1 aliphatic heterocycles. The van der Waals surface area contributed by atoms with Crippen LogP contribution >= 0.6 is 0 Å². The van der Waals surface area contributed by atoms with Gasteiger partial charge < -0.3 is 15.1 Å². The fraction of sp³-hybridized carbons (Fsp3) is 0.611. The first-order valence-corrected chi connectivity index (χ1v) is 9.00. The number of piperidine rings is 1. The lowest BCUT2D eigenvalue weighted by molar-refractivity contribution is 0.199. The Hall–Kier alpha value is -1.99. The highest BCUT2D eigenvalue weighted by molar-refractivity contribution is 5.37. The average molecular weight is 343 g/mol. The monoisotopic (exact) mass is 343 g/mol. The normalized spacial score (nSPS) is 16.5. The van der Waals surface area contributed by atoms with Gasteiger partial charge in [0.05, 0.1) is 18.1 Å². The van der Waals surface area contributed by atoms with Gasteiger partial charge in [0.2, 0.25) is 0 Å². The molecule has 25 heavy (non-hydrogen) atoms. The summed E-state index contributed by atoms with van der Waals surface area (Å²) >= 11 is 0. The molecule has 2 aromatic rings. The van der Waals surface area contributed by atoms with Gasteiger partial charge >= 0.3 is 0 Å². The Morgan fingerprint density at radius 1 is 1.20 bits per heavy atom. The van der Waals surface area contributed by atoms with Crippen LogP contribution in [0, 0.1) is 13.8 Å². The highest BCUT2D eigenvalue weighted by atomic mass is 15.3. The number of hydrogen-bond donors (Lipinski definition) is 1. The SMILES string of the molecule is Cc1cc(C)n(-c2cncc(NC3CCN(CCN(C)C)CC3)n2)n1. The Balaban J connectivity index is 1.57. The molecule has 0 saturated carbocycles. The van der Waals surface area contributed by atoms with E-state index in [1.165, 1.54) is 0 Å². The van der Waals surface area contributed by atoms with Crippen molar-refractivity contribution in [3.8, 4) is 5.82 Å². The summed E-state index contributed by atoms with van der Waals surface area (Å²) in [5.74, 6) is 1.59. The minimum Gasteiger partial charge on any atom is -0.366 e. The fourth-order valence-corrected chi connectivity index (χ4v) is 3.24. The number of rotatable bonds is 6. The molecular formula is C18H29N7. The van der Waals surface area contributed by atoms with Crippen LogP contribution in [0.2, 0.25) is 0 Å². The van der Waals surface area contributed by atoms with Crippen molar-refractivity contribution in [1.82, 2.24) is 29.5 Å². The van der Waals surface area contributed by atoms with E-state index in [4.69, 9.17) is 4.98 Å². The van der Waals surface area contributed by atoms with E-state index in [0.717, 1.165) is 62.0 Å². The summed E-state index contributed by atoms with van der Waals surface area (Å²) in [4.78, 5) is 13.8. The second kappa shape index (κ2) is 7.93. The molecule has 0 spiro atoms. The van der Waals surface area contributed by atoms with Gasteiger partial charge in [-0.2, -0.15) is 5.10 Å². The molecule has 0 amide bonds. The zero-order valence-corrected chi connectivity index (χ0v) is 15.7. The first kappa shape index (κ1) is 17.8. The van der Waals surface area contributed by atoms with E-state index in [0.29, 0.717) is 6.04 Å². The summed E-state index contributed by atoms with van der Waals surface area (Å²) in [6.45, 7) is 8.56. The molecule has 7 heteroatoms. The van der Waals surface area contributed by atoms with Crippen LogP contribution in [0.3, 0.4) is 0 Å². The van der Waals surface area contributed by atoms with Gasteiger partial charge in [-0.3, -0.25) is 4.98 Å². The predicted molar refractivity (Wildman–Crippen MR) is 100 cm³/mol. The van der Waals surface area contributed by atoms with Crippen LogP contribution in [0.5, 0.6) is 0 Å². The third-order valence-electron chi connectivity index (χ3n) is 4.65. The highest BCUT2D eigenvalue weighted by Gasteiger charge is 2.19. The average Bonchev–Trinajstić information content (AvgIpc) is 2.93. The maximum Gasteiger partial charge on any atom is 0.174 e. The summed E-state index contributed by atoms with van der Waals surface area (Å²) in [5, 5.41) is 8.04. The topological polar surface area (TPSA) is 62.1 Å². The summed E-state index contributed by atoms with van der Waals surface area (Å²) in [6.07, 6.45) is 5.83. The van der Waals surface area contributed by atoms with Crippen molar-refractivity contribution in [2.75, 3.05) is 45.6 Å². The first-order chi connectivity index (χ1) is 12.0. The van der Waals surface area contributed by atoms with E-state index in [1.54, 1.807) is 12.4 Å². The van der Waals surface area contributed by atoms with Gasteiger partial charge in [-0.05, 0) is 46.9 Å². The van der Waals surface area contributed by atoms with Gasteiger partial charge in [0.25, 0.3) is 0 Å². The van der Waals surface area contributed by atoms with Crippen LogP contribution in [-0.2, 0) is 0 Å². The fourth-order valence-electron chi connectivity index (χ4n) is 3.24. The zero-order valence-electron chi connectivity index (χ0n) is 15.7. The van der Waals surface area contributed by atoms with Gasteiger partial charge in [-0.15, -0.1) is 0 Å². The van der Waals surface area contributed by atoms with Crippen LogP contribution in [0.4, 0.5) is 5.82 Å². The lowest BCUT2D eigenvalue weighted by Gasteiger charge is -2.33. The molecule has 7 nitrogen and oxygen atoms in total. The lowest BCUT2D eigenvalue weighted by Crippen LogP contribution is -2.41. The molecule has 0 unspecified atom stereocenters. The molecule has 1 saturated heterocycles. The van der Waals surface area contributed by atoms with Crippen molar-refractivity contribution in [3.05, 3.63) is 29.8 Å². The summed E-state index contributed by atoms with van der Waals surface area (Å²) in [5.41, 5.74) is 2.06. The zero-order chi connectivity index (χ0) is 17.8. The lowest BCUT2D eigenvalue weighted by atomic mass is 10.1. The van der Waals surface area contributed by atoms with Crippen molar-refractivity contribution in [2.24, 2.45) is 0 Å². The minimum atomic E-state index is 0.459. The van der Waals surface area contributed by atoms with Crippen molar-refractivity contribution in [1.29, 1.82) is 0 Å².